The van der Waals surface area contributed by atoms with Gasteiger partial charge in [-0.15, -0.1) is 0 Å². The van der Waals surface area contributed by atoms with E-state index in [1.54, 1.807) is 0 Å². The molecule has 0 heterocycles. The van der Waals surface area contributed by atoms with Crippen molar-refractivity contribution in [2.24, 2.45) is 0 Å². The van der Waals surface area contributed by atoms with Gasteiger partial charge in [-0.25, -0.2) is 4.79 Å². The number of allylic oxidation sites excluding steroid dienone is 6. The second kappa shape index (κ2) is 7.59. The molecule has 0 aromatic heterocycles. The molecule has 136 valence electrons. The third-order valence-corrected chi connectivity index (χ3v) is 9.78. The monoisotopic (exact) mass is 360 g/mol. The van der Waals surface area contributed by atoms with E-state index >= 15 is 0 Å². The van der Waals surface area contributed by atoms with Crippen LogP contribution in [0.1, 0.15) is 40.0 Å². The lowest BCUT2D eigenvalue weighted by atomic mass is 9.95. The van der Waals surface area contributed by atoms with Gasteiger partial charge in [-0.1, -0.05) is 26.8 Å². The predicted molar refractivity (Wildman–Crippen MR) is 100 cm³/mol. The Bertz CT molecular complexity index is 676. The molecule has 1 N–H and O–H groups in total. The molecule has 6 heteroatoms. The highest BCUT2D eigenvalue weighted by atomic mass is 28.4. The predicted octanol–water partition coefficient (Wildman–Crippen LogP) is 4.56. The second-order valence-corrected chi connectivity index (χ2v) is 12.7. The van der Waals surface area contributed by atoms with Crippen molar-refractivity contribution in [2.75, 3.05) is 13.2 Å². The molecule has 2 aliphatic rings. The SMILES string of the molecule is CC(C)(C)[Si](C)(C)OCCOC(=O)NC1=C2CC=CC(C#N)=C2CC1. The van der Waals surface area contributed by atoms with E-state index in [1.165, 1.54) is 0 Å². The van der Waals surface area contributed by atoms with Crippen molar-refractivity contribution >= 4 is 14.4 Å². The van der Waals surface area contributed by atoms with E-state index in [9.17, 15) is 4.79 Å². The Kier molecular flexibility index (Phi) is 5.91. The lowest BCUT2D eigenvalue weighted by Crippen LogP contribution is -2.41. The van der Waals surface area contributed by atoms with Gasteiger partial charge in [-0.05, 0) is 54.6 Å². The maximum absolute atomic E-state index is 12.0. The molecule has 0 fully saturated rings. The summed E-state index contributed by atoms with van der Waals surface area (Å²) in [5.74, 6) is 0. The third-order valence-electron chi connectivity index (χ3n) is 5.24. The zero-order chi connectivity index (χ0) is 18.7. The van der Waals surface area contributed by atoms with Crippen LogP contribution >= 0.6 is 0 Å². The van der Waals surface area contributed by atoms with Gasteiger partial charge in [0.1, 0.15) is 6.61 Å². The summed E-state index contributed by atoms with van der Waals surface area (Å²) in [4.78, 5) is 12.0. The Morgan fingerprint density at radius 1 is 1.28 bits per heavy atom. The van der Waals surface area contributed by atoms with Gasteiger partial charge in [0.15, 0.2) is 8.32 Å². The van der Waals surface area contributed by atoms with Gasteiger partial charge < -0.3 is 9.16 Å². The van der Waals surface area contributed by atoms with E-state index in [1.807, 2.05) is 12.2 Å². The van der Waals surface area contributed by atoms with Crippen LogP contribution in [0.2, 0.25) is 18.1 Å². The van der Waals surface area contributed by atoms with Gasteiger partial charge in [0, 0.05) is 5.70 Å². The summed E-state index contributed by atoms with van der Waals surface area (Å²) >= 11 is 0. The van der Waals surface area contributed by atoms with Gasteiger partial charge in [0.2, 0.25) is 0 Å². The topological polar surface area (TPSA) is 71.3 Å². The number of fused-ring (bicyclic) bond motifs is 1. The minimum atomic E-state index is -1.81. The first kappa shape index (κ1) is 19.5. The minimum Gasteiger partial charge on any atom is -0.447 e. The number of nitrogens with zero attached hydrogens (tertiary/aromatic N) is 1. The molecule has 0 saturated carbocycles. The number of carbonyl (C=O) groups excluding carboxylic acids is 1. The van der Waals surface area contributed by atoms with Crippen LogP contribution in [-0.4, -0.2) is 27.6 Å². The molecular formula is C19H28N2O3Si. The molecule has 0 radical (unpaired) electrons. The van der Waals surface area contributed by atoms with E-state index in [2.05, 4.69) is 45.3 Å². The van der Waals surface area contributed by atoms with Crippen molar-refractivity contribution in [1.82, 2.24) is 5.32 Å². The summed E-state index contributed by atoms with van der Waals surface area (Å²) in [6, 6.07) is 2.22. The number of nitriles is 1. The second-order valence-electron chi connectivity index (χ2n) is 7.94. The largest absolute Gasteiger partial charge is 0.447 e. The number of rotatable bonds is 5. The fraction of sp³-hybridized carbons (Fsp3) is 0.579. The lowest BCUT2D eigenvalue weighted by molar-refractivity contribution is 0.123. The molecule has 0 atom stereocenters. The normalized spacial score (nSPS) is 17.4. The zero-order valence-electron chi connectivity index (χ0n) is 15.9. The highest BCUT2D eigenvalue weighted by Gasteiger charge is 2.37. The number of carbonyl (C=O) groups is 1. The van der Waals surface area contributed by atoms with Crippen LogP contribution in [0.3, 0.4) is 0 Å². The molecule has 0 saturated heterocycles. The first-order chi connectivity index (χ1) is 11.7. The first-order valence-electron chi connectivity index (χ1n) is 8.75. The molecule has 0 bridgehead atoms. The van der Waals surface area contributed by atoms with Crippen molar-refractivity contribution in [3.05, 3.63) is 34.6 Å². The Morgan fingerprint density at radius 3 is 2.64 bits per heavy atom. The van der Waals surface area contributed by atoms with Crippen molar-refractivity contribution in [2.45, 2.75) is 58.2 Å². The van der Waals surface area contributed by atoms with Crippen molar-refractivity contribution in [3.8, 4) is 6.07 Å². The van der Waals surface area contributed by atoms with Gasteiger partial charge in [-0.2, -0.15) is 5.26 Å². The van der Waals surface area contributed by atoms with Crippen LogP contribution in [-0.2, 0) is 9.16 Å². The molecule has 2 aliphatic carbocycles. The maximum atomic E-state index is 12.0. The van der Waals surface area contributed by atoms with Gasteiger partial charge in [0.05, 0.1) is 18.2 Å². The molecule has 0 aromatic carbocycles. The smallest absolute Gasteiger partial charge is 0.411 e. The van der Waals surface area contributed by atoms with E-state index < -0.39 is 14.4 Å². The molecule has 0 spiro atoms. The Morgan fingerprint density at radius 2 is 2.00 bits per heavy atom. The minimum absolute atomic E-state index is 0.140. The van der Waals surface area contributed by atoms with Crippen LogP contribution in [0.4, 0.5) is 4.79 Å². The summed E-state index contributed by atoms with van der Waals surface area (Å²) in [5.41, 5.74) is 3.70. The molecule has 1 amide bonds. The Labute approximate surface area is 151 Å². The zero-order valence-corrected chi connectivity index (χ0v) is 16.9. The van der Waals surface area contributed by atoms with Crippen molar-refractivity contribution in [3.63, 3.8) is 0 Å². The Hall–Kier alpha value is -1.84. The molecule has 25 heavy (non-hydrogen) atoms. The van der Waals surface area contributed by atoms with Gasteiger partial charge >= 0.3 is 6.09 Å². The number of hydrogen-bond donors (Lipinski definition) is 1. The summed E-state index contributed by atoms with van der Waals surface area (Å²) in [6.07, 6.45) is 5.67. The van der Waals surface area contributed by atoms with E-state index in [0.29, 0.717) is 12.2 Å². The molecule has 5 nitrogen and oxygen atoms in total. The quantitative estimate of drug-likeness (QED) is 0.576. The Balaban J connectivity index is 1.83. The maximum Gasteiger partial charge on any atom is 0.411 e. The summed E-state index contributed by atoms with van der Waals surface area (Å²) in [5, 5.41) is 12.2. The fourth-order valence-corrected chi connectivity index (χ4v) is 3.75. The van der Waals surface area contributed by atoms with Crippen LogP contribution in [0.5, 0.6) is 0 Å². The number of ether oxygens (including phenoxy) is 1. The molecular weight excluding hydrogens is 332 g/mol. The van der Waals surface area contributed by atoms with Crippen LogP contribution in [0.15, 0.2) is 34.6 Å². The average Bonchev–Trinajstić information content (AvgIpc) is 2.93. The number of alkyl carbamates (subject to hydrolysis) is 1. The van der Waals surface area contributed by atoms with E-state index in [-0.39, 0.29) is 11.6 Å². The van der Waals surface area contributed by atoms with E-state index in [4.69, 9.17) is 14.4 Å². The highest BCUT2D eigenvalue weighted by molar-refractivity contribution is 6.74. The van der Waals surface area contributed by atoms with Crippen molar-refractivity contribution < 1.29 is 14.0 Å². The summed E-state index contributed by atoms with van der Waals surface area (Å²) in [6.45, 7) is 11.6. The van der Waals surface area contributed by atoms with Crippen molar-refractivity contribution in [1.29, 1.82) is 5.26 Å². The fourth-order valence-electron chi connectivity index (χ4n) is 2.72. The van der Waals surface area contributed by atoms with Crippen LogP contribution < -0.4 is 5.32 Å². The van der Waals surface area contributed by atoms with E-state index in [0.717, 1.165) is 36.1 Å². The number of amides is 1. The number of hydrogen-bond acceptors (Lipinski definition) is 4. The summed E-state index contributed by atoms with van der Waals surface area (Å²) < 4.78 is 11.3. The lowest BCUT2D eigenvalue weighted by Gasteiger charge is -2.36. The molecule has 2 rings (SSSR count). The van der Waals surface area contributed by atoms with Gasteiger partial charge in [-0.3, -0.25) is 5.32 Å². The average molecular weight is 361 g/mol. The first-order valence-corrected chi connectivity index (χ1v) is 11.7. The van der Waals surface area contributed by atoms with Crippen LogP contribution in [0, 0.1) is 11.3 Å². The summed E-state index contributed by atoms with van der Waals surface area (Å²) in [7, 11) is -1.81. The van der Waals surface area contributed by atoms with Crippen LogP contribution in [0.25, 0.3) is 0 Å². The third kappa shape index (κ3) is 4.62. The molecule has 0 unspecified atom stereocenters. The number of nitrogens with one attached hydrogen (secondary N) is 1. The highest BCUT2D eigenvalue weighted by Crippen LogP contribution is 2.38. The molecule has 0 aliphatic heterocycles. The standard InChI is InChI=1S/C19H28N2O3Si/c1-19(2,3)25(4,5)24-12-11-23-18(22)21-17-10-9-15-14(13-20)7-6-8-16(15)17/h6-7H,8-12H2,1-5H3,(H,21,22). The van der Waals surface area contributed by atoms with Gasteiger partial charge in [0.25, 0.3) is 0 Å². The molecule has 0 aromatic rings.